The van der Waals surface area contributed by atoms with Gasteiger partial charge in [0.1, 0.15) is 0 Å². The molecule has 174 valence electrons. The molecule has 4 saturated carbocycles. The lowest BCUT2D eigenvalue weighted by molar-refractivity contribution is -0.129. The van der Waals surface area contributed by atoms with E-state index in [0.717, 1.165) is 66.1 Å². The maximum absolute atomic E-state index is 10.3. The van der Waals surface area contributed by atoms with Gasteiger partial charge in [0.05, 0.1) is 6.10 Å². The van der Waals surface area contributed by atoms with Crippen molar-refractivity contribution in [3.05, 3.63) is 0 Å². The quantitative estimate of drug-likeness (QED) is 0.482. The average molecular weight is 417 g/mol. The molecule has 0 amide bonds. The van der Waals surface area contributed by atoms with E-state index < -0.39 is 0 Å². The van der Waals surface area contributed by atoms with Gasteiger partial charge in [0.15, 0.2) is 0 Å². The molecule has 0 spiro atoms. The summed E-state index contributed by atoms with van der Waals surface area (Å²) in [5.41, 5.74) is 1.12. The monoisotopic (exact) mass is 416 g/mol. The molecule has 4 aliphatic carbocycles. The van der Waals surface area contributed by atoms with Crippen LogP contribution in [-0.4, -0.2) is 11.2 Å². The average Bonchev–Trinajstić information content (AvgIpc) is 3.05. The van der Waals surface area contributed by atoms with E-state index in [1.807, 2.05) is 0 Å². The van der Waals surface area contributed by atoms with E-state index in [9.17, 15) is 5.11 Å². The normalized spacial score (nSPS) is 49.1. The Kier molecular flexibility index (Phi) is 6.47. The molecule has 0 aromatic rings. The van der Waals surface area contributed by atoms with Crippen molar-refractivity contribution in [2.24, 2.45) is 64.1 Å². The lowest BCUT2D eigenvalue weighted by Gasteiger charge is -2.61. The van der Waals surface area contributed by atoms with E-state index in [4.69, 9.17) is 0 Å². The SMILES string of the molecule is CC(C)C(C)C(C)C[C@@H](C)[C@H]1CC[C@H]2[C@@H]3CCC4C[C@@H](O)CC[C@]4(C)[C@H]3CC[C@]12C. The van der Waals surface area contributed by atoms with Crippen molar-refractivity contribution in [2.45, 2.75) is 119 Å². The zero-order valence-corrected chi connectivity index (χ0v) is 21.3. The Labute approximate surface area is 188 Å². The first-order chi connectivity index (χ1) is 14.1. The molecule has 1 nitrogen and oxygen atoms in total. The standard InChI is InChI=1S/C29H52O/c1-18(2)21(5)19(3)16-20(4)25-10-11-26-24-9-8-22-17-23(30)12-14-28(22,6)27(24)13-15-29(25,26)7/h18-27,30H,8-17H2,1-7H3/t19?,20-,21?,22?,23+,24+,25-,26+,27+,28+,29-/m1/s1. The number of hydrogen-bond acceptors (Lipinski definition) is 1. The van der Waals surface area contributed by atoms with Gasteiger partial charge in [-0.05, 0) is 128 Å². The third-order valence-corrected chi connectivity index (χ3v) is 12.1. The molecule has 4 fully saturated rings. The molecule has 0 radical (unpaired) electrons. The molecule has 0 bridgehead atoms. The molecule has 30 heavy (non-hydrogen) atoms. The summed E-state index contributed by atoms with van der Waals surface area (Å²) in [6.07, 6.45) is 13.7. The second-order valence-electron chi connectivity index (χ2n) is 13.6. The van der Waals surface area contributed by atoms with E-state index in [1.54, 1.807) is 0 Å². The minimum atomic E-state index is -0.0135. The number of aliphatic hydroxyl groups is 1. The van der Waals surface area contributed by atoms with Crippen LogP contribution in [-0.2, 0) is 0 Å². The summed E-state index contributed by atoms with van der Waals surface area (Å²) in [5.74, 6) is 8.01. The van der Waals surface area contributed by atoms with Gasteiger partial charge in [0, 0.05) is 0 Å². The fraction of sp³-hybridized carbons (Fsp3) is 1.00. The Morgan fingerprint density at radius 3 is 2.17 bits per heavy atom. The number of rotatable bonds is 5. The third-order valence-electron chi connectivity index (χ3n) is 12.1. The highest BCUT2D eigenvalue weighted by Crippen LogP contribution is 2.68. The largest absolute Gasteiger partial charge is 0.393 e. The van der Waals surface area contributed by atoms with Crippen molar-refractivity contribution >= 4 is 0 Å². The molecule has 0 saturated heterocycles. The third kappa shape index (κ3) is 3.72. The van der Waals surface area contributed by atoms with Gasteiger partial charge < -0.3 is 5.11 Å². The Morgan fingerprint density at radius 2 is 1.47 bits per heavy atom. The summed E-state index contributed by atoms with van der Waals surface area (Å²) in [6.45, 7) is 17.8. The van der Waals surface area contributed by atoms with E-state index in [0.29, 0.717) is 10.8 Å². The van der Waals surface area contributed by atoms with E-state index in [-0.39, 0.29) is 6.10 Å². The number of aliphatic hydroxyl groups excluding tert-OH is 1. The summed E-state index contributed by atoms with van der Waals surface area (Å²) in [5, 5.41) is 10.3. The first kappa shape index (κ1) is 23.1. The molecule has 0 heterocycles. The summed E-state index contributed by atoms with van der Waals surface area (Å²) in [7, 11) is 0. The van der Waals surface area contributed by atoms with Gasteiger partial charge in [-0.15, -0.1) is 0 Å². The maximum atomic E-state index is 10.3. The molecular weight excluding hydrogens is 364 g/mol. The molecule has 11 atom stereocenters. The minimum Gasteiger partial charge on any atom is -0.393 e. The second kappa shape index (κ2) is 8.39. The predicted octanol–water partition coefficient (Wildman–Crippen LogP) is 7.96. The van der Waals surface area contributed by atoms with Gasteiger partial charge in [-0.1, -0.05) is 48.5 Å². The predicted molar refractivity (Wildman–Crippen MR) is 128 cm³/mol. The van der Waals surface area contributed by atoms with E-state index >= 15 is 0 Å². The fourth-order valence-corrected chi connectivity index (χ4v) is 9.83. The zero-order chi connectivity index (χ0) is 21.8. The zero-order valence-electron chi connectivity index (χ0n) is 21.3. The van der Waals surface area contributed by atoms with Crippen LogP contribution in [0.15, 0.2) is 0 Å². The molecule has 1 N–H and O–H groups in total. The minimum absolute atomic E-state index is 0.0135. The molecule has 4 rings (SSSR count). The number of fused-ring (bicyclic) bond motifs is 5. The van der Waals surface area contributed by atoms with Crippen LogP contribution in [0.4, 0.5) is 0 Å². The van der Waals surface area contributed by atoms with Crippen LogP contribution < -0.4 is 0 Å². The smallest absolute Gasteiger partial charge is 0.0543 e. The maximum Gasteiger partial charge on any atom is 0.0543 e. The Balaban J connectivity index is 1.47. The summed E-state index contributed by atoms with van der Waals surface area (Å²) in [4.78, 5) is 0. The van der Waals surface area contributed by atoms with Gasteiger partial charge in [-0.3, -0.25) is 0 Å². The van der Waals surface area contributed by atoms with Crippen molar-refractivity contribution in [1.82, 2.24) is 0 Å². The molecule has 0 aromatic carbocycles. The van der Waals surface area contributed by atoms with Crippen LogP contribution in [0.5, 0.6) is 0 Å². The fourth-order valence-electron chi connectivity index (χ4n) is 9.83. The van der Waals surface area contributed by atoms with Crippen LogP contribution in [0.3, 0.4) is 0 Å². The highest BCUT2D eigenvalue weighted by molar-refractivity contribution is 5.09. The Morgan fingerprint density at radius 1 is 0.800 bits per heavy atom. The number of hydrogen-bond donors (Lipinski definition) is 1. The van der Waals surface area contributed by atoms with Gasteiger partial charge in [-0.25, -0.2) is 0 Å². The molecule has 4 aliphatic rings. The summed E-state index contributed by atoms with van der Waals surface area (Å²) in [6, 6.07) is 0. The van der Waals surface area contributed by atoms with Crippen LogP contribution >= 0.6 is 0 Å². The summed E-state index contributed by atoms with van der Waals surface area (Å²) >= 11 is 0. The molecule has 0 aliphatic heterocycles. The van der Waals surface area contributed by atoms with E-state index in [1.165, 1.54) is 51.4 Å². The molecular formula is C29H52O. The van der Waals surface area contributed by atoms with Crippen LogP contribution in [0.1, 0.15) is 113 Å². The van der Waals surface area contributed by atoms with Gasteiger partial charge >= 0.3 is 0 Å². The highest BCUT2D eigenvalue weighted by atomic mass is 16.3. The lowest BCUT2D eigenvalue weighted by Crippen LogP contribution is -2.54. The molecule has 0 aromatic heterocycles. The first-order valence-corrected chi connectivity index (χ1v) is 13.8. The first-order valence-electron chi connectivity index (χ1n) is 13.8. The topological polar surface area (TPSA) is 20.2 Å². The second-order valence-corrected chi connectivity index (χ2v) is 13.6. The lowest BCUT2D eigenvalue weighted by atomic mass is 9.44. The van der Waals surface area contributed by atoms with Crippen LogP contribution in [0.25, 0.3) is 0 Å². The van der Waals surface area contributed by atoms with Crippen molar-refractivity contribution in [1.29, 1.82) is 0 Å². The molecule has 1 heteroatoms. The van der Waals surface area contributed by atoms with Gasteiger partial charge in [0.2, 0.25) is 0 Å². The van der Waals surface area contributed by atoms with Crippen LogP contribution in [0.2, 0.25) is 0 Å². The van der Waals surface area contributed by atoms with Gasteiger partial charge in [0.25, 0.3) is 0 Å². The van der Waals surface area contributed by atoms with Gasteiger partial charge in [-0.2, -0.15) is 0 Å². The Hall–Kier alpha value is -0.0400. The highest BCUT2D eigenvalue weighted by Gasteiger charge is 2.60. The summed E-state index contributed by atoms with van der Waals surface area (Å²) < 4.78 is 0. The van der Waals surface area contributed by atoms with Crippen molar-refractivity contribution in [3.8, 4) is 0 Å². The Bertz CT molecular complexity index is 597. The van der Waals surface area contributed by atoms with Crippen molar-refractivity contribution in [3.63, 3.8) is 0 Å². The van der Waals surface area contributed by atoms with Crippen molar-refractivity contribution in [2.75, 3.05) is 0 Å². The molecule has 3 unspecified atom stereocenters. The van der Waals surface area contributed by atoms with Crippen LogP contribution in [0, 0.1) is 64.1 Å². The van der Waals surface area contributed by atoms with E-state index in [2.05, 4.69) is 48.5 Å². The van der Waals surface area contributed by atoms with Crippen molar-refractivity contribution < 1.29 is 5.11 Å².